The Hall–Kier alpha value is -1.45. The van der Waals surface area contributed by atoms with Gasteiger partial charge in [0.05, 0.1) is 17.7 Å². The second-order valence-electron chi connectivity index (χ2n) is 5.63. The minimum absolute atomic E-state index is 0.0668. The van der Waals surface area contributed by atoms with E-state index in [-0.39, 0.29) is 5.60 Å². The molecule has 0 unspecified atom stereocenters. The number of hydrogen-bond acceptors (Lipinski definition) is 3. The number of rotatable bonds is 5. The van der Waals surface area contributed by atoms with Crippen molar-refractivity contribution in [3.8, 4) is 0 Å². The zero-order valence-electron chi connectivity index (χ0n) is 11.9. The van der Waals surface area contributed by atoms with Crippen LogP contribution in [-0.2, 0) is 11.3 Å². The molecule has 0 aliphatic rings. The average Bonchev–Trinajstić information content (AvgIpc) is 2.37. The van der Waals surface area contributed by atoms with Gasteiger partial charge < -0.3 is 10.1 Å². The minimum Gasteiger partial charge on any atom is -0.375 e. The molecule has 0 aliphatic carbocycles. The summed E-state index contributed by atoms with van der Waals surface area (Å²) in [6, 6.07) is 10.3. The van der Waals surface area contributed by atoms with Crippen molar-refractivity contribution in [2.24, 2.45) is 0 Å². The van der Waals surface area contributed by atoms with Gasteiger partial charge in [-0.25, -0.2) is 0 Å². The van der Waals surface area contributed by atoms with Crippen molar-refractivity contribution in [2.45, 2.75) is 32.9 Å². The standard InChI is InChI=1S/C16H22N2O/c1-16(2,3)19-11-10-17-12-14-7-4-6-13-8-5-9-18-15(13)14/h4-9,17H,10-12H2,1-3H3. The summed E-state index contributed by atoms with van der Waals surface area (Å²) in [7, 11) is 0. The first-order valence-corrected chi connectivity index (χ1v) is 6.73. The third-order valence-electron chi connectivity index (χ3n) is 2.85. The summed E-state index contributed by atoms with van der Waals surface area (Å²) >= 11 is 0. The first-order valence-electron chi connectivity index (χ1n) is 6.73. The third-order valence-corrected chi connectivity index (χ3v) is 2.85. The van der Waals surface area contributed by atoms with Gasteiger partial charge in [0.25, 0.3) is 0 Å². The highest BCUT2D eigenvalue weighted by Gasteiger charge is 2.08. The van der Waals surface area contributed by atoms with E-state index in [0.29, 0.717) is 0 Å². The monoisotopic (exact) mass is 258 g/mol. The maximum absolute atomic E-state index is 5.68. The van der Waals surface area contributed by atoms with Gasteiger partial charge in [-0.1, -0.05) is 24.3 Å². The number of pyridine rings is 1. The largest absolute Gasteiger partial charge is 0.375 e. The number of ether oxygens (including phenoxy) is 1. The lowest BCUT2D eigenvalue weighted by atomic mass is 10.1. The van der Waals surface area contributed by atoms with E-state index < -0.39 is 0 Å². The van der Waals surface area contributed by atoms with E-state index in [1.165, 1.54) is 10.9 Å². The van der Waals surface area contributed by atoms with Crippen LogP contribution in [0.2, 0.25) is 0 Å². The second kappa shape index (κ2) is 6.13. The number of nitrogens with one attached hydrogen (secondary N) is 1. The van der Waals surface area contributed by atoms with Crippen molar-refractivity contribution in [1.29, 1.82) is 0 Å². The first kappa shape index (κ1) is 14.0. The molecule has 19 heavy (non-hydrogen) atoms. The fourth-order valence-electron chi connectivity index (χ4n) is 1.96. The molecular formula is C16H22N2O. The van der Waals surface area contributed by atoms with Gasteiger partial charge in [0.1, 0.15) is 0 Å². The molecule has 0 radical (unpaired) electrons. The number of para-hydroxylation sites is 1. The molecule has 1 aromatic carbocycles. The molecule has 0 spiro atoms. The number of fused-ring (bicyclic) bond motifs is 1. The van der Waals surface area contributed by atoms with Gasteiger partial charge in [-0.3, -0.25) is 4.98 Å². The van der Waals surface area contributed by atoms with Crippen LogP contribution in [0, 0.1) is 0 Å². The quantitative estimate of drug-likeness (QED) is 0.837. The third kappa shape index (κ3) is 4.30. The van der Waals surface area contributed by atoms with Crippen LogP contribution >= 0.6 is 0 Å². The summed E-state index contributed by atoms with van der Waals surface area (Å²) in [6.45, 7) is 8.61. The van der Waals surface area contributed by atoms with E-state index in [1.807, 2.05) is 12.3 Å². The molecular weight excluding hydrogens is 236 g/mol. The molecule has 0 amide bonds. The molecule has 3 nitrogen and oxygen atoms in total. The zero-order valence-corrected chi connectivity index (χ0v) is 11.9. The SMILES string of the molecule is CC(C)(C)OCCNCc1cccc2cccnc12. The van der Waals surface area contributed by atoms with Crippen LogP contribution in [-0.4, -0.2) is 23.7 Å². The van der Waals surface area contributed by atoms with Crippen molar-refractivity contribution in [2.75, 3.05) is 13.2 Å². The zero-order chi connectivity index (χ0) is 13.7. The van der Waals surface area contributed by atoms with Crippen LogP contribution in [0.4, 0.5) is 0 Å². The predicted octanol–water partition coefficient (Wildman–Crippen LogP) is 3.14. The van der Waals surface area contributed by atoms with Gasteiger partial charge in [-0.2, -0.15) is 0 Å². The summed E-state index contributed by atoms with van der Waals surface area (Å²) < 4.78 is 5.68. The van der Waals surface area contributed by atoms with Crippen LogP contribution in [0.15, 0.2) is 36.5 Å². The Labute approximate surface area is 115 Å². The van der Waals surface area contributed by atoms with Crippen LogP contribution in [0.3, 0.4) is 0 Å². The van der Waals surface area contributed by atoms with Crippen molar-refractivity contribution in [1.82, 2.24) is 10.3 Å². The molecule has 2 aromatic rings. The second-order valence-corrected chi connectivity index (χ2v) is 5.63. The normalized spacial score (nSPS) is 11.9. The summed E-state index contributed by atoms with van der Waals surface area (Å²) in [4.78, 5) is 4.45. The molecule has 0 aliphatic heterocycles. The molecule has 3 heteroatoms. The van der Waals surface area contributed by atoms with Crippen molar-refractivity contribution < 1.29 is 4.74 Å². The Kier molecular flexibility index (Phi) is 4.51. The Bertz CT molecular complexity index is 526. The van der Waals surface area contributed by atoms with E-state index in [1.54, 1.807) is 0 Å². The highest BCUT2D eigenvalue weighted by Crippen LogP contribution is 2.15. The van der Waals surface area contributed by atoms with Gasteiger partial charge in [-0.15, -0.1) is 0 Å². The molecule has 1 heterocycles. The maximum Gasteiger partial charge on any atom is 0.0746 e. The number of benzene rings is 1. The average molecular weight is 258 g/mol. The van der Waals surface area contributed by atoms with Gasteiger partial charge in [0.2, 0.25) is 0 Å². The summed E-state index contributed by atoms with van der Waals surface area (Å²) in [5, 5.41) is 4.59. The predicted molar refractivity (Wildman–Crippen MR) is 79.2 cm³/mol. The summed E-state index contributed by atoms with van der Waals surface area (Å²) in [5.41, 5.74) is 2.24. The summed E-state index contributed by atoms with van der Waals surface area (Å²) in [6.07, 6.45) is 1.84. The van der Waals surface area contributed by atoms with Gasteiger partial charge in [0, 0.05) is 24.7 Å². The van der Waals surface area contributed by atoms with Crippen LogP contribution in [0.1, 0.15) is 26.3 Å². The van der Waals surface area contributed by atoms with Gasteiger partial charge >= 0.3 is 0 Å². The molecule has 2 rings (SSSR count). The molecule has 102 valence electrons. The molecule has 0 fully saturated rings. The van der Waals surface area contributed by atoms with Gasteiger partial charge in [-0.05, 0) is 32.4 Å². The summed E-state index contributed by atoms with van der Waals surface area (Å²) in [5.74, 6) is 0. The highest BCUT2D eigenvalue weighted by molar-refractivity contribution is 5.81. The van der Waals surface area contributed by atoms with Crippen LogP contribution in [0.5, 0.6) is 0 Å². The van der Waals surface area contributed by atoms with E-state index in [2.05, 4.69) is 55.3 Å². The molecule has 0 saturated heterocycles. The fourth-order valence-corrected chi connectivity index (χ4v) is 1.96. The molecule has 0 bridgehead atoms. The lowest BCUT2D eigenvalue weighted by Crippen LogP contribution is -2.26. The van der Waals surface area contributed by atoms with E-state index in [4.69, 9.17) is 4.74 Å². The van der Waals surface area contributed by atoms with Crippen molar-refractivity contribution >= 4 is 10.9 Å². The van der Waals surface area contributed by atoms with E-state index in [9.17, 15) is 0 Å². The molecule has 1 aromatic heterocycles. The van der Waals surface area contributed by atoms with Crippen molar-refractivity contribution in [3.63, 3.8) is 0 Å². The van der Waals surface area contributed by atoms with Crippen LogP contribution < -0.4 is 5.32 Å². The Morgan fingerprint density at radius 2 is 1.95 bits per heavy atom. The maximum atomic E-state index is 5.68. The van der Waals surface area contributed by atoms with Crippen LogP contribution in [0.25, 0.3) is 10.9 Å². The molecule has 0 atom stereocenters. The minimum atomic E-state index is -0.0668. The number of nitrogens with zero attached hydrogens (tertiary/aromatic N) is 1. The smallest absolute Gasteiger partial charge is 0.0746 e. The molecule has 1 N–H and O–H groups in total. The topological polar surface area (TPSA) is 34.1 Å². The lowest BCUT2D eigenvalue weighted by molar-refractivity contribution is -0.000880. The van der Waals surface area contributed by atoms with E-state index in [0.717, 1.165) is 25.2 Å². The molecule has 0 saturated carbocycles. The lowest BCUT2D eigenvalue weighted by Gasteiger charge is -2.19. The Balaban J connectivity index is 1.88. The Morgan fingerprint density at radius 3 is 2.74 bits per heavy atom. The first-order chi connectivity index (χ1) is 9.06. The number of aromatic nitrogens is 1. The van der Waals surface area contributed by atoms with E-state index >= 15 is 0 Å². The van der Waals surface area contributed by atoms with Gasteiger partial charge in [0.15, 0.2) is 0 Å². The van der Waals surface area contributed by atoms with Crippen molar-refractivity contribution in [3.05, 3.63) is 42.1 Å². The highest BCUT2D eigenvalue weighted by atomic mass is 16.5. The Morgan fingerprint density at radius 1 is 1.16 bits per heavy atom. The fraction of sp³-hybridized carbons (Fsp3) is 0.438. The number of hydrogen-bond donors (Lipinski definition) is 1.